The third-order valence-corrected chi connectivity index (χ3v) is 2.53. The number of nitrogens with zero attached hydrogens (tertiary/aromatic N) is 1. The number of ether oxygens (including phenoxy) is 1. The lowest BCUT2D eigenvalue weighted by Gasteiger charge is -2.34. The van der Waals surface area contributed by atoms with Crippen molar-refractivity contribution in [3.63, 3.8) is 0 Å². The van der Waals surface area contributed by atoms with E-state index in [4.69, 9.17) is 4.74 Å². The number of hydrogen-bond acceptors (Lipinski definition) is 3. The average Bonchev–Trinajstić information content (AvgIpc) is 2.10. The van der Waals surface area contributed by atoms with Crippen molar-refractivity contribution < 1.29 is 9.53 Å². The number of rotatable bonds is 1. The predicted octanol–water partition coefficient (Wildman–Crippen LogP) is 1.24. The first-order valence-electron chi connectivity index (χ1n) is 4.83. The van der Waals surface area contributed by atoms with Crippen LogP contribution in [0.5, 0.6) is 0 Å². The molecule has 2 unspecified atom stereocenters. The molecule has 76 valence electrons. The van der Waals surface area contributed by atoms with Crippen molar-refractivity contribution in [3.8, 4) is 0 Å². The molecule has 1 aliphatic heterocycles. The molecule has 4 heteroatoms. The molecule has 0 saturated carbocycles. The van der Waals surface area contributed by atoms with Crippen molar-refractivity contribution in [2.75, 3.05) is 19.7 Å². The Balaban J connectivity index is 2.40. The minimum absolute atomic E-state index is 0.263. The molecule has 2 atom stereocenters. The average molecular weight is 186 g/mol. The summed E-state index contributed by atoms with van der Waals surface area (Å²) in [5.74, 6) is 1.15. The van der Waals surface area contributed by atoms with Crippen LogP contribution in [-0.4, -0.2) is 30.8 Å². The Morgan fingerprint density at radius 2 is 2.23 bits per heavy atom. The largest absolute Gasteiger partial charge is 0.449 e. The highest BCUT2D eigenvalue weighted by Gasteiger charge is 2.26. The Morgan fingerprint density at radius 3 is 2.77 bits per heavy atom. The summed E-state index contributed by atoms with van der Waals surface area (Å²) in [7, 11) is 0. The number of nitrogens with one attached hydrogen (secondary N) is 1. The van der Waals surface area contributed by atoms with Gasteiger partial charge in [0.05, 0.1) is 6.61 Å². The molecule has 0 radical (unpaired) electrons. The van der Waals surface area contributed by atoms with Gasteiger partial charge in [-0.2, -0.15) is 0 Å². The second kappa shape index (κ2) is 4.46. The summed E-state index contributed by atoms with van der Waals surface area (Å²) < 4.78 is 4.89. The van der Waals surface area contributed by atoms with Crippen molar-refractivity contribution in [2.24, 2.45) is 11.8 Å². The summed E-state index contributed by atoms with van der Waals surface area (Å²) >= 11 is 0. The van der Waals surface area contributed by atoms with Crippen molar-refractivity contribution >= 4 is 6.09 Å². The molecule has 0 spiro atoms. The third-order valence-electron chi connectivity index (χ3n) is 2.53. The van der Waals surface area contributed by atoms with E-state index >= 15 is 0 Å². The fraction of sp³-hybridized carbons (Fsp3) is 0.889. The molecule has 4 nitrogen and oxygen atoms in total. The molecule has 0 aromatic carbocycles. The number of carbonyl (C=O) groups is 1. The van der Waals surface area contributed by atoms with Crippen molar-refractivity contribution in [3.05, 3.63) is 0 Å². The summed E-state index contributed by atoms with van der Waals surface area (Å²) in [6, 6.07) is 0. The van der Waals surface area contributed by atoms with Gasteiger partial charge in [-0.1, -0.05) is 13.8 Å². The fourth-order valence-corrected chi connectivity index (χ4v) is 1.33. The molecule has 1 rings (SSSR count). The van der Waals surface area contributed by atoms with Gasteiger partial charge in [0, 0.05) is 13.1 Å². The first-order valence-corrected chi connectivity index (χ1v) is 4.83. The number of hydrazine groups is 1. The van der Waals surface area contributed by atoms with Crippen LogP contribution in [0.25, 0.3) is 0 Å². The Labute approximate surface area is 79.2 Å². The summed E-state index contributed by atoms with van der Waals surface area (Å²) in [5, 5.41) is 1.56. The molecule has 0 aromatic rings. The van der Waals surface area contributed by atoms with E-state index in [1.165, 1.54) is 0 Å². The second-order valence-electron chi connectivity index (χ2n) is 3.63. The molecule has 1 aliphatic rings. The van der Waals surface area contributed by atoms with E-state index < -0.39 is 0 Å². The summed E-state index contributed by atoms with van der Waals surface area (Å²) in [6.45, 7) is 8.16. The molecular formula is C9H18N2O2. The highest BCUT2D eigenvalue weighted by atomic mass is 16.6. The maximum absolute atomic E-state index is 11.3. The van der Waals surface area contributed by atoms with Gasteiger partial charge in [-0.05, 0) is 18.8 Å². The van der Waals surface area contributed by atoms with E-state index in [0.717, 1.165) is 13.1 Å². The molecule has 1 saturated heterocycles. The molecule has 0 aromatic heterocycles. The van der Waals surface area contributed by atoms with Crippen LogP contribution < -0.4 is 5.43 Å². The zero-order valence-electron chi connectivity index (χ0n) is 8.54. The van der Waals surface area contributed by atoms with Crippen molar-refractivity contribution in [2.45, 2.75) is 20.8 Å². The molecule has 1 fully saturated rings. The van der Waals surface area contributed by atoms with Gasteiger partial charge >= 0.3 is 6.09 Å². The van der Waals surface area contributed by atoms with Crippen molar-refractivity contribution in [1.29, 1.82) is 0 Å². The topological polar surface area (TPSA) is 41.6 Å². The molecule has 0 aliphatic carbocycles. The number of carbonyl (C=O) groups excluding carboxylic acids is 1. The molecule has 1 amide bonds. The van der Waals surface area contributed by atoms with Gasteiger partial charge in [0.15, 0.2) is 0 Å². The van der Waals surface area contributed by atoms with Crippen molar-refractivity contribution in [1.82, 2.24) is 10.4 Å². The van der Waals surface area contributed by atoms with Gasteiger partial charge in [-0.25, -0.2) is 15.2 Å². The van der Waals surface area contributed by atoms with Crippen LogP contribution in [0.3, 0.4) is 0 Å². The normalized spacial score (nSPS) is 28.7. The van der Waals surface area contributed by atoms with Crippen LogP contribution in [0.1, 0.15) is 20.8 Å². The van der Waals surface area contributed by atoms with Crippen LogP contribution in [0.4, 0.5) is 4.79 Å². The summed E-state index contributed by atoms with van der Waals surface area (Å²) in [5.41, 5.74) is 3.04. The Hall–Kier alpha value is -0.770. The van der Waals surface area contributed by atoms with E-state index in [1.807, 2.05) is 6.92 Å². The maximum atomic E-state index is 11.3. The SMILES string of the molecule is CCOC(=O)N1CC(C)C(C)CN1. The third kappa shape index (κ3) is 2.59. The van der Waals surface area contributed by atoms with Gasteiger partial charge in [-0.3, -0.25) is 0 Å². The molecular weight excluding hydrogens is 168 g/mol. The molecule has 0 bridgehead atoms. The lowest BCUT2D eigenvalue weighted by atomic mass is 9.94. The first kappa shape index (κ1) is 10.3. The Morgan fingerprint density at radius 1 is 1.54 bits per heavy atom. The highest BCUT2D eigenvalue weighted by Crippen LogP contribution is 2.15. The highest BCUT2D eigenvalue weighted by molar-refractivity contribution is 5.67. The Bertz CT molecular complexity index is 184. The van der Waals surface area contributed by atoms with E-state index in [2.05, 4.69) is 19.3 Å². The molecule has 1 heterocycles. The van der Waals surface area contributed by atoms with Gasteiger partial charge in [-0.15, -0.1) is 0 Å². The van der Waals surface area contributed by atoms with E-state index in [-0.39, 0.29) is 6.09 Å². The smallest absolute Gasteiger partial charge is 0.424 e. The zero-order chi connectivity index (χ0) is 9.84. The van der Waals surface area contributed by atoms with Gasteiger partial charge in [0.25, 0.3) is 0 Å². The summed E-state index contributed by atoms with van der Waals surface area (Å²) in [6.07, 6.45) is -0.263. The fourth-order valence-electron chi connectivity index (χ4n) is 1.33. The van der Waals surface area contributed by atoms with Crippen LogP contribution in [-0.2, 0) is 4.74 Å². The van der Waals surface area contributed by atoms with Crippen LogP contribution in [0.15, 0.2) is 0 Å². The summed E-state index contributed by atoms with van der Waals surface area (Å²) in [4.78, 5) is 11.3. The lowest BCUT2D eigenvalue weighted by molar-refractivity contribution is 0.0505. The van der Waals surface area contributed by atoms with E-state index in [1.54, 1.807) is 5.01 Å². The Kier molecular flexibility index (Phi) is 3.54. The number of amides is 1. The van der Waals surface area contributed by atoms with Crippen LogP contribution >= 0.6 is 0 Å². The first-order chi connectivity index (χ1) is 6.15. The van der Waals surface area contributed by atoms with E-state index in [0.29, 0.717) is 18.4 Å². The monoisotopic (exact) mass is 186 g/mol. The minimum Gasteiger partial charge on any atom is -0.449 e. The second-order valence-corrected chi connectivity index (χ2v) is 3.63. The van der Waals surface area contributed by atoms with Gasteiger partial charge in [0.1, 0.15) is 0 Å². The number of hydrogen-bond donors (Lipinski definition) is 1. The van der Waals surface area contributed by atoms with Gasteiger partial charge in [0.2, 0.25) is 0 Å². The molecule has 1 N–H and O–H groups in total. The zero-order valence-corrected chi connectivity index (χ0v) is 8.54. The van der Waals surface area contributed by atoms with Crippen LogP contribution in [0.2, 0.25) is 0 Å². The standard InChI is InChI=1S/C9H18N2O2/c1-4-13-9(12)11-6-8(3)7(2)5-10-11/h7-8,10H,4-6H2,1-3H3. The van der Waals surface area contributed by atoms with Gasteiger partial charge < -0.3 is 4.74 Å². The minimum atomic E-state index is -0.263. The predicted molar refractivity (Wildman–Crippen MR) is 50.1 cm³/mol. The lowest BCUT2D eigenvalue weighted by Crippen LogP contribution is -2.53. The molecule has 13 heavy (non-hydrogen) atoms. The van der Waals surface area contributed by atoms with Crippen LogP contribution in [0, 0.1) is 11.8 Å². The van der Waals surface area contributed by atoms with E-state index in [9.17, 15) is 4.79 Å². The maximum Gasteiger partial charge on any atom is 0.424 e. The quantitative estimate of drug-likeness (QED) is 0.669.